The van der Waals surface area contributed by atoms with Crippen molar-refractivity contribution in [3.05, 3.63) is 23.2 Å². The predicted molar refractivity (Wildman–Crippen MR) is 72.0 cm³/mol. The molecule has 0 spiro atoms. The van der Waals surface area contributed by atoms with E-state index in [1.807, 2.05) is 6.92 Å². The van der Waals surface area contributed by atoms with Crippen LogP contribution in [-0.2, 0) is 4.79 Å². The van der Waals surface area contributed by atoms with Gasteiger partial charge in [-0.2, -0.15) is 0 Å². The van der Waals surface area contributed by atoms with Crippen LogP contribution in [-0.4, -0.2) is 24.1 Å². The van der Waals surface area contributed by atoms with E-state index >= 15 is 0 Å². The van der Waals surface area contributed by atoms with Crippen LogP contribution in [0.3, 0.4) is 0 Å². The molecule has 1 aliphatic rings. The van der Waals surface area contributed by atoms with Crippen molar-refractivity contribution in [1.29, 1.82) is 0 Å². The molecule has 1 aromatic rings. The van der Waals surface area contributed by atoms with Crippen molar-refractivity contribution in [2.45, 2.75) is 19.8 Å². The van der Waals surface area contributed by atoms with Crippen molar-refractivity contribution in [1.82, 2.24) is 5.32 Å². The number of carbonyl (C=O) groups is 1. The quantitative estimate of drug-likeness (QED) is 0.738. The number of rotatable bonds is 3. The minimum atomic E-state index is -0.329. The number of phenols is 1. The minimum absolute atomic E-state index is 0.0109. The topological polar surface area (TPSA) is 61.4 Å². The van der Waals surface area contributed by atoms with Gasteiger partial charge in [0, 0.05) is 12.2 Å². The zero-order valence-corrected chi connectivity index (χ0v) is 11.0. The third-order valence-electron chi connectivity index (χ3n) is 3.61. The summed E-state index contributed by atoms with van der Waals surface area (Å²) < 4.78 is 0. The minimum Gasteiger partial charge on any atom is -0.506 e. The lowest BCUT2D eigenvalue weighted by atomic mass is 9.83. The molecule has 0 bridgehead atoms. The van der Waals surface area contributed by atoms with E-state index in [-0.39, 0.29) is 22.1 Å². The fourth-order valence-electron chi connectivity index (χ4n) is 2.25. The Kier molecular flexibility index (Phi) is 3.78. The number of halogens is 1. The first kappa shape index (κ1) is 13.2. The van der Waals surface area contributed by atoms with Crippen LogP contribution in [0.25, 0.3) is 0 Å². The molecule has 2 rings (SSSR count). The van der Waals surface area contributed by atoms with Crippen LogP contribution in [0.5, 0.6) is 5.75 Å². The van der Waals surface area contributed by atoms with Crippen LogP contribution in [0.15, 0.2) is 18.2 Å². The van der Waals surface area contributed by atoms with Crippen molar-refractivity contribution < 1.29 is 9.90 Å². The third kappa shape index (κ3) is 2.44. The zero-order valence-electron chi connectivity index (χ0n) is 10.3. The van der Waals surface area contributed by atoms with Gasteiger partial charge in [0.1, 0.15) is 5.75 Å². The first-order valence-electron chi connectivity index (χ1n) is 6.08. The van der Waals surface area contributed by atoms with Gasteiger partial charge in [0.2, 0.25) is 5.91 Å². The molecule has 1 aliphatic heterocycles. The Balaban J connectivity index is 2.13. The smallest absolute Gasteiger partial charge is 0.231 e. The van der Waals surface area contributed by atoms with E-state index in [9.17, 15) is 9.90 Å². The van der Waals surface area contributed by atoms with Gasteiger partial charge in [-0.1, -0.05) is 18.5 Å². The highest BCUT2D eigenvalue weighted by Gasteiger charge is 2.39. The van der Waals surface area contributed by atoms with Gasteiger partial charge >= 0.3 is 0 Å². The van der Waals surface area contributed by atoms with Crippen molar-refractivity contribution >= 4 is 23.2 Å². The van der Waals surface area contributed by atoms with E-state index in [1.54, 1.807) is 12.1 Å². The van der Waals surface area contributed by atoms with Crippen molar-refractivity contribution in [3.8, 4) is 5.75 Å². The summed E-state index contributed by atoms with van der Waals surface area (Å²) in [6.45, 7) is 3.61. The van der Waals surface area contributed by atoms with Gasteiger partial charge in [-0.3, -0.25) is 4.79 Å². The molecular weight excluding hydrogens is 252 g/mol. The fourth-order valence-corrected chi connectivity index (χ4v) is 2.43. The Morgan fingerprint density at radius 3 is 2.94 bits per heavy atom. The molecule has 98 valence electrons. The van der Waals surface area contributed by atoms with Crippen LogP contribution in [0.4, 0.5) is 5.69 Å². The second-order valence-electron chi connectivity index (χ2n) is 4.68. The summed E-state index contributed by atoms with van der Waals surface area (Å²) in [4.78, 5) is 12.3. The Hall–Kier alpha value is -1.26. The maximum atomic E-state index is 12.3. The van der Waals surface area contributed by atoms with Crippen LogP contribution >= 0.6 is 11.6 Å². The molecule has 5 heteroatoms. The summed E-state index contributed by atoms with van der Waals surface area (Å²) in [7, 11) is 0. The summed E-state index contributed by atoms with van der Waals surface area (Å²) in [6.07, 6.45) is 1.65. The van der Waals surface area contributed by atoms with Crippen LogP contribution in [0.1, 0.15) is 19.8 Å². The number of aromatic hydroxyl groups is 1. The Labute approximate surface area is 111 Å². The maximum absolute atomic E-state index is 12.3. The molecule has 1 aromatic carbocycles. The SMILES string of the molecule is CCC1(C(=O)Nc2ccc(O)c(Cl)c2)CCNC1. The monoisotopic (exact) mass is 268 g/mol. The van der Waals surface area contributed by atoms with Crippen molar-refractivity contribution in [2.24, 2.45) is 5.41 Å². The molecule has 1 atom stereocenters. The number of anilines is 1. The summed E-state index contributed by atoms with van der Waals surface area (Å²) in [5.74, 6) is 0.0270. The van der Waals surface area contributed by atoms with E-state index in [1.165, 1.54) is 6.07 Å². The van der Waals surface area contributed by atoms with E-state index in [0.717, 1.165) is 19.4 Å². The molecule has 3 N–H and O–H groups in total. The number of amides is 1. The van der Waals surface area contributed by atoms with Crippen molar-refractivity contribution in [2.75, 3.05) is 18.4 Å². The second kappa shape index (κ2) is 5.16. The molecule has 18 heavy (non-hydrogen) atoms. The average molecular weight is 269 g/mol. The van der Waals surface area contributed by atoms with Gasteiger partial charge in [0.15, 0.2) is 0 Å². The fraction of sp³-hybridized carbons (Fsp3) is 0.462. The van der Waals surface area contributed by atoms with Crippen molar-refractivity contribution in [3.63, 3.8) is 0 Å². The lowest BCUT2D eigenvalue weighted by Gasteiger charge is -2.25. The first-order chi connectivity index (χ1) is 8.57. The van der Waals surface area contributed by atoms with Gasteiger partial charge in [0.05, 0.1) is 10.4 Å². The molecule has 0 aromatic heterocycles. The number of phenolic OH excluding ortho intramolecular Hbond substituents is 1. The molecule has 1 unspecified atom stereocenters. The molecule has 4 nitrogen and oxygen atoms in total. The lowest BCUT2D eigenvalue weighted by molar-refractivity contribution is -0.124. The second-order valence-corrected chi connectivity index (χ2v) is 5.09. The molecule has 0 radical (unpaired) electrons. The number of benzene rings is 1. The van der Waals surface area contributed by atoms with Crippen LogP contribution in [0.2, 0.25) is 5.02 Å². The average Bonchev–Trinajstić information content (AvgIpc) is 2.84. The Bertz CT molecular complexity index is 456. The van der Waals surface area contributed by atoms with Gasteiger partial charge in [-0.25, -0.2) is 0 Å². The van der Waals surface area contributed by atoms with Gasteiger partial charge in [0.25, 0.3) is 0 Å². The standard InChI is InChI=1S/C13H17ClN2O2/c1-2-13(5-6-15-8-13)12(18)16-9-3-4-11(17)10(14)7-9/h3-4,7,15,17H,2,5-6,8H2,1H3,(H,16,18). The first-order valence-corrected chi connectivity index (χ1v) is 6.46. The molecule has 1 amide bonds. The highest BCUT2D eigenvalue weighted by Crippen LogP contribution is 2.32. The van der Waals surface area contributed by atoms with E-state index in [4.69, 9.17) is 11.6 Å². The molecule has 0 aliphatic carbocycles. The summed E-state index contributed by atoms with van der Waals surface area (Å²) >= 11 is 5.81. The van der Waals surface area contributed by atoms with E-state index in [0.29, 0.717) is 12.2 Å². The summed E-state index contributed by atoms with van der Waals surface area (Å²) in [6, 6.07) is 4.68. The van der Waals surface area contributed by atoms with E-state index in [2.05, 4.69) is 10.6 Å². The number of nitrogens with one attached hydrogen (secondary N) is 2. The third-order valence-corrected chi connectivity index (χ3v) is 3.91. The van der Waals surface area contributed by atoms with E-state index < -0.39 is 0 Å². The zero-order chi connectivity index (χ0) is 13.2. The normalized spacial score (nSPS) is 23.0. The van der Waals surface area contributed by atoms with Crippen LogP contribution < -0.4 is 10.6 Å². The van der Waals surface area contributed by atoms with Gasteiger partial charge < -0.3 is 15.7 Å². The molecule has 0 saturated carbocycles. The predicted octanol–water partition coefficient (Wildman–Crippen LogP) is 2.37. The van der Waals surface area contributed by atoms with Gasteiger partial charge in [-0.15, -0.1) is 0 Å². The lowest BCUT2D eigenvalue weighted by Crippen LogP contribution is -2.37. The molecule has 1 saturated heterocycles. The highest BCUT2D eigenvalue weighted by atomic mass is 35.5. The highest BCUT2D eigenvalue weighted by molar-refractivity contribution is 6.32. The Morgan fingerprint density at radius 2 is 2.39 bits per heavy atom. The summed E-state index contributed by atoms with van der Waals surface area (Å²) in [5.41, 5.74) is 0.284. The summed E-state index contributed by atoms with van der Waals surface area (Å²) in [5, 5.41) is 15.7. The van der Waals surface area contributed by atoms with Gasteiger partial charge in [-0.05, 0) is 37.6 Å². The molecule has 1 heterocycles. The number of carbonyl (C=O) groups excluding carboxylic acids is 1. The number of hydrogen-bond donors (Lipinski definition) is 3. The maximum Gasteiger partial charge on any atom is 0.231 e. The molecule has 1 fully saturated rings. The largest absolute Gasteiger partial charge is 0.506 e. The molecular formula is C13H17ClN2O2. The number of hydrogen-bond acceptors (Lipinski definition) is 3. The van der Waals surface area contributed by atoms with Crippen LogP contribution in [0, 0.1) is 5.41 Å². The Morgan fingerprint density at radius 1 is 1.61 bits per heavy atom.